The number of hydrogen-bond donors (Lipinski definition) is 2. The smallest absolute Gasteiger partial charge is 0.338 e. The molecule has 0 saturated heterocycles. The third-order valence-corrected chi connectivity index (χ3v) is 3.91. The van der Waals surface area contributed by atoms with E-state index < -0.39 is 0 Å². The Morgan fingerprint density at radius 3 is 2.27 bits per heavy atom. The van der Waals surface area contributed by atoms with Gasteiger partial charge in [0.25, 0.3) is 0 Å². The number of ether oxygens (including phenoxy) is 2. The van der Waals surface area contributed by atoms with Crippen LogP contribution in [0.4, 0.5) is 5.69 Å². The minimum atomic E-state index is -0.330. The Hall–Kier alpha value is -2.60. The van der Waals surface area contributed by atoms with E-state index in [2.05, 4.69) is 10.6 Å². The first-order chi connectivity index (χ1) is 12.5. The van der Waals surface area contributed by atoms with Gasteiger partial charge in [0.05, 0.1) is 24.8 Å². The average Bonchev–Trinajstić information content (AvgIpc) is 2.63. The Balaban J connectivity index is 1.90. The van der Waals surface area contributed by atoms with E-state index in [-0.39, 0.29) is 12.0 Å². The van der Waals surface area contributed by atoms with E-state index in [0.717, 1.165) is 17.0 Å². The number of nitrogens with one attached hydrogen (secondary N) is 2. The van der Waals surface area contributed by atoms with Crippen LogP contribution in [0.25, 0.3) is 0 Å². The molecule has 0 bridgehead atoms. The molecule has 1 atom stereocenters. The first kappa shape index (κ1) is 19.7. The predicted molar refractivity (Wildman–Crippen MR) is 108 cm³/mol. The third kappa shape index (κ3) is 5.74. The van der Waals surface area contributed by atoms with Gasteiger partial charge in [0.1, 0.15) is 5.75 Å². The Kier molecular flexibility index (Phi) is 7.41. The first-order valence-electron chi connectivity index (χ1n) is 8.61. The molecule has 0 unspecified atom stereocenters. The molecule has 5 nitrogen and oxygen atoms in total. The molecule has 0 heterocycles. The molecule has 0 fully saturated rings. The summed E-state index contributed by atoms with van der Waals surface area (Å²) in [6, 6.07) is 15.0. The van der Waals surface area contributed by atoms with Gasteiger partial charge in [-0.05, 0) is 75.0 Å². The van der Waals surface area contributed by atoms with Gasteiger partial charge in [0, 0.05) is 5.69 Å². The van der Waals surface area contributed by atoms with Crippen molar-refractivity contribution >= 4 is 29.0 Å². The van der Waals surface area contributed by atoms with Crippen molar-refractivity contribution in [3.8, 4) is 5.75 Å². The van der Waals surface area contributed by atoms with Gasteiger partial charge < -0.3 is 20.1 Å². The minimum Gasteiger partial charge on any atom is -0.494 e. The van der Waals surface area contributed by atoms with Crippen LogP contribution in [0.2, 0.25) is 0 Å². The van der Waals surface area contributed by atoms with Crippen molar-refractivity contribution in [3.05, 3.63) is 59.7 Å². The van der Waals surface area contributed by atoms with Crippen molar-refractivity contribution in [2.24, 2.45) is 0 Å². The summed E-state index contributed by atoms with van der Waals surface area (Å²) >= 11 is 5.37. The van der Waals surface area contributed by atoms with Crippen molar-refractivity contribution in [2.75, 3.05) is 18.5 Å². The summed E-state index contributed by atoms with van der Waals surface area (Å²) in [5.41, 5.74) is 2.42. The summed E-state index contributed by atoms with van der Waals surface area (Å²) in [5, 5.41) is 6.87. The minimum absolute atomic E-state index is 0.0458. The zero-order valence-corrected chi connectivity index (χ0v) is 16.1. The fourth-order valence-corrected chi connectivity index (χ4v) is 2.67. The van der Waals surface area contributed by atoms with Crippen LogP contribution in [-0.4, -0.2) is 24.3 Å². The molecule has 0 aliphatic carbocycles. The molecule has 2 N–H and O–H groups in total. The topological polar surface area (TPSA) is 59.6 Å². The Morgan fingerprint density at radius 1 is 1.04 bits per heavy atom. The molecule has 0 aliphatic rings. The second-order valence-electron chi connectivity index (χ2n) is 5.62. The molecule has 2 aromatic carbocycles. The molecule has 0 spiro atoms. The van der Waals surface area contributed by atoms with E-state index in [0.29, 0.717) is 23.9 Å². The van der Waals surface area contributed by atoms with E-state index in [4.69, 9.17) is 21.7 Å². The highest BCUT2D eigenvalue weighted by Crippen LogP contribution is 2.18. The summed E-state index contributed by atoms with van der Waals surface area (Å²) in [4.78, 5) is 11.7. The maximum atomic E-state index is 11.7. The fourth-order valence-electron chi connectivity index (χ4n) is 2.37. The van der Waals surface area contributed by atoms with Crippen LogP contribution in [0.1, 0.15) is 42.7 Å². The van der Waals surface area contributed by atoms with Crippen molar-refractivity contribution in [3.63, 3.8) is 0 Å². The number of thiocarbonyl (C=S) groups is 1. The van der Waals surface area contributed by atoms with Gasteiger partial charge in [-0.1, -0.05) is 12.1 Å². The lowest BCUT2D eigenvalue weighted by Gasteiger charge is -2.18. The average molecular weight is 372 g/mol. The van der Waals surface area contributed by atoms with Gasteiger partial charge in [0.2, 0.25) is 0 Å². The van der Waals surface area contributed by atoms with E-state index in [9.17, 15) is 4.79 Å². The van der Waals surface area contributed by atoms with E-state index in [1.165, 1.54) is 0 Å². The summed E-state index contributed by atoms with van der Waals surface area (Å²) in [7, 11) is 0. The Labute approximate surface area is 159 Å². The highest BCUT2D eigenvalue weighted by atomic mass is 32.1. The maximum absolute atomic E-state index is 11.7. The fraction of sp³-hybridized carbons (Fsp3) is 0.300. The SMILES string of the molecule is CCOC(=O)c1ccc(NC(=S)N[C@H](C)c2ccc(OCC)cc2)cc1. The van der Waals surface area contributed by atoms with Crippen LogP contribution in [-0.2, 0) is 4.74 Å². The van der Waals surface area contributed by atoms with Gasteiger partial charge in [-0.3, -0.25) is 0 Å². The lowest BCUT2D eigenvalue weighted by molar-refractivity contribution is 0.0526. The Bertz CT molecular complexity index is 730. The monoisotopic (exact) mass is 372 g/mol. The van der Waals surface area contributed by atoms with Crippen molar-refractivity contribution in [1.82, 2.24) is 5.32 Å². The number of benzene rings is 2. The van der Waals surface area contributed by atoms with Crippen molar-refractivity contribution in [2.45, 2.75) is 26.8 Å². The summed E-state index contributed by atoms with van der Waals surface area (Å²) in [6.45, 7) is 6.78. The van der Waals surface area contributed by atoms with Gasteiger partial charge in [0.15, 0.2) is 5.11 Å². The third-order valence-electron chi connectivity index (χ3n) is 3.69. The molecular formula is C20H24N2O3S. The lowest BCUT2D eigenvalue weighted by atomic mass is 10.1. The molecule has 6 heteroatoms. The highest BCUT2D eigenvalue weighted by Gasteiger charge is 2.09. The predicted octanol–water partition coefficient (Wildman–Crippen LogP) is 4.31. The number of esters is 1. The quantitative estimate of drug-likeness (QED) is 0.558. The van der Waals surface area contributed by atoms with Gasteiger partial charge in [-0.15, -0.1) is 0 Å². The van der Waals surface area contributed by atoms with Crippen LogP contribution in [0, 0.1) is 0 Å². The highest BCUT2D eigenvalue weighted by molar-refractivity contribution is 7.80. The van der Waals surface area contributed by atoms with Crippen LogP contribution in [0.3, 0.4) is 0 Å². The molecule has 0 radical (unpaired) electrons. The van der Waals surface area contributed by atoms with Gasteiger partial charge in [-0.25, -0.2) is 4.79 Å². The van der Waals surface area contributed by atoms with Crippen LogP contribution >= 0.6 is 12.2 Å². The van der Waals surface area contributed by atoms with Crippen LogP contribution in [0.15, 0.2) is 48.5 Å². The van der Waals surface area contributed by atoms with E-state index >= 15 is 0 Å². The normalized spacial score (nSPS) is 11.3. The van der Waals surface area contributed by atoms with Gasteiger partial charge >= 0.3 is 5.97 Å². The summed E-state index contributed by atoms with van der Waals surface area (Å²) in [5.74, 6) is 0.523. The number of anilines is 1. The number of carbonyl (C=O) groups excluding carboxylic acids is 1. The lowest BCUT2D eigenvalue weighted by Crippen LogP contribution is -2.30. The molecule has 0 aliphatic heterocycles. The zero-order valence-electron chi connectivity index (χ0n) is 15.2. The second-order valence-corrected chi connectivity index (χ2v) is 6.03. The molecule has 0 aromatic heterocycles. The van der Waals surface area contributed by atoms with E-state index in [1.54, 1.807) is 31.2 Å². The van der Waals surface area contributed by atoms with Crippen molar-refractivity contribution in [1.29, 1.82) is 0 Å². The number of carbonyl (C=O) groups is 1. The Morgan fingerprint density at radius 2 is 1.69 bits per heavy atom. The zero-order chi connectivity index (χ0) is 18.9. The van der Waals surface area contributed by atoms with Crippen LogP contribution in [0.5, 0.6) is 5.75 Å². The largest absolute Gasteiger partial charge is 0.494 e. The second kappa shape index (κ2) is 9.77. The summed E-state index contributed by atoms with van der Waals surface area (Å²) in [6.07, 6.45) is 0. The van der Waals surface area contributed by atoms with Crippen molar-refractivity contribution < 1.29 is 14.3 Å². The van der Waals surface area contributed by atoms with Gasteiger partial charge in [-0.2, -0.15) is 0 Å². The molecular weight excluding hydrogens is 348 g/mol. The summed E-state index contributed by atoms with van der Waals surface area (Å²) < 4.78 is 10.4. The molecule has 138 valence electrons. The number of rotatable bonds is 7. The molecule has 2 rings (SSSR count). The standard InChI is InChI=1S/C20H24N2O3S/c1-4-24-18-12-8-15(9-13-18)14(3)21-20(26)22-17-10-6-16(7-11-17)19(23)25-5-2/h6-14H,4-5H2,1-3H3,(H2,21,22,26)/t14-/m1/s1. The van der Waals surface area contributed by atoms with E-state index in [1.807, 2.05) is 38.1 Å². The maximum Gasteiger partial charge on any atom is 0.338 e. The number of hydrogen-bond acceptors (Lipinski definition) is 4. The molecule has 0 saturated carbocycles. The molecule has 0 amide bonds. The first-order valence-corrected chi connectivity index (χ1v) is 9.01. The molecule has 26 heavy (non-hydrogen) atoms. The molecule has 2 aromatic rings. The van der Waals surface area contributed by atoms with Crippen LogP contribution < -0.4 is 15.4 Å².